The van der Waals surface area contributed by atoms with Crippen molar-refractivity contribution in [3.05, 3.63) is 29.3 Å². The number of esters is 1. The van der Waals surface area contributed by atoms with Crippen LogP contribution >= 0.6 is 0 Å². The van der Waals surface area contributed by atoms with E-state index in [1.165, 1.54) is 13.0 Å². The summed E-state index contributed by atoms with van der Waals surface area (Å²) in [5.41, 5.74) is -0.233. The van der Waals surface area contributed by atoms with Crippen molar-refractivity contribution in [2.24, 2.45) is 0 Å². The molecule has 0 aliphatic rings. The van der Waals surface area contributed by atoms with E-state index in [9.17, 15) is 24.3 Å². The summed E-state index contributed by atoms with van der Waals surface area (Å²) in [6.45, 7) is 9.83. The summed E-state index contributed by atoms with van der Waals surface area (Å²) in [6, 6.07) is 4.29. The number of carbonyl (C=O) groups excluding carboxylic acids is 4. The summed E-state index contributed by atoms with van der Waals surface area (Å²) in [5, 5.41) is 15.5. The maximum absolute atomic E-state index is 13.1. The van der Waals surface area contributed by atoms with Gasteiger partial charge in [0.2, 0.25) is 5.91 Å². The van der Waals surface area contributed by atoms with Crippen LogP contribution in [0.15, 0.2) is 18.2 Å². The topological polar surface area (TPSA) is 134 Å². The molecule has 0 fully saturated rings. The number of nitrogens with zero attached hydrogens (tertiary/aromatic N) is 1. The fourth-order valence-corrected chi connectivity index (χ4v) is 2.94. The monoisotopic (exact) mass is 475 g/mol. The zero-order valence-electron chi connectivity index (χ0n) is 20.4. The van der Waals surface area contributed by atoms with Gasteiger partial charge < -0.3 is 25.2 Å². The van der Waals surface area contributed by atoms with Gasteiger partial charge in [0.05, 0.1) is 13.0 Å². The normalized spacial score (nSPS) is 12.5. The van der Waals surface area contributed by atoms with Gasteiger partial charge >= 0.3 is 12.1 Å². The number of alkyl carbamates (subject to hydrolysis) is 1. The second-order valence-electron chi connectivity index (χ2n) is 8.47. The lowest BCUT2D eigenvalue weighted by Crippen LogP contribution is -2.50. The van der Waals surface area contributed by atoms with Crippen LogP contribution in [0.3, 0.4) is 0 Å². The second-order valence-corrected chi connectivity index (χ2v) is 8.47. The number of ether oxygens (including phenoxy) is 2. The maximum Gasteiger partial charge on any atom is 0.408 e. The third kappa shape index (κ3) is 8.31. The van der Waals surface area contributed by atoms with E-state index in [1.807, 2.05) is 0 Å². The van der Waals surface area contributed by atoms with E-state index in [-0.39, 0.29) is 30.9 Å². The van der Waals surface area contributed by atoms with Gasteiger partial charge in [0, 0.05) is 18.2 Å². The summed E-state index contributed by atoms with van der Waals surface area (Å²) in [6.07, 6.45) is 4.68. The number of terminal acetylenes is 1. The van der Waals surface area contributed by atoms with Crippen LogP contribution < -0.4 is 10.6 Å². The highest BCUT2D eigenvalue weighted by Gasteiger charge is 2.35. The van der Waals surface area contributed by atoms with Crippen LogP contribution in [0.25, 0.3) is 0 Å². The van der Waals surface area contributed by atoms with Crippen LogP contribution in [0.2, 0.25) is 0 Å². The molecular formula is C24H33N3O7. The van der Waals surface area contributed by atoms with E-state index >= 15 is 0 Å². The molecule has 0 aromatic heterocycles. The van der Waals surface area contributed by atoms with Crippen molar-refractivity contribution in [2.45, 2.75) is 65.6 Å². The number of amides is 3. The Morgan fingerprint density at radius 2 is 1.88 bits per heavy atom. The fourth-order valence-electron chi connectivity index (χ4n) is 2.94. The molecule has 0 saturated heterocycles. The second kappa shape index (κ2) is 12.5. The quantitative estimate of drug-likeness (QED) is 0.283. The summed E-state index contributed by atoms with van der Waals surface area (Å²) in [7, 11) is 0. The first-order valence-electron chi connectivity index (χ1n) is 10.8. The Hall–Kier alpha value is -3.74. The van der Waals surface area contributed by atoms with Crippen molar-refractivity contribution in [1.82, 2.24) is 15.5 Å². The van der Waals surface area contributed by atoms with E-state index in [0.29, 0.717) is 5.56 Å². The average Bonchev–Trinajstić information content (AvgIpc) is 2.72. The lowest BCUT2D eigenvalue weighted by atomic mass is 10.00. The Bertz CT molecular complexity index is 947. The van der Waals surface area contributed by atoms with Gasteiger partial charge in [-0.25, -0.2) is 4.79 Å². The molecule has 186 valence electrons. The first-order chi connectivity index (χ1) is 15.8. The number of nitrogens with one attached hydrogen (secondary N) is 2. The molecule has 0 bridgehead atoms. The number of hydrogen-bond acceptors (Lipinski definition) is 7. The Balaban J connectivity index is 3.20. The number of para-hydroxylation sites is 1. The molecule has 0 heterocycles. The summed E-state index contributed by atoms with van der Waals surface area (Å²) < 4.78 is 9.99. The molecule has 10 heteroatoms. The van der Waals surface area contributed by atoms with E-state index in [4.69, 9.17) is 15.9 Å². The molecule has 1 rings (SSSR count). The molecule has 0 spiro atoms. The number of phenols is 1. The Labute approximate surface area is 200 Å². The summed E-state index contributed by atoms with van der Waals surface area (Å²) >= 11 is 0. The van der Waals surface area contributed by atoms with Gasteiger partial charge in [0.15, 0.2) is 6.04 Å². The third-order valence-electron chi connectivity index (χ3n) is 4.48. The van der Waals surface area contributed by atoms with Crippen molar-refractivity contribution < 1.29 is 33.8 Å². The lowest BCUT2D eigenvalue weighted by Gasteiger charge is -2.29. The van der Waals surface area contributed by atoms with Crippen LogP contribution in [-0.2, 0) is 23.9 Å². The fraction of sp³-hybridized carbons (Fsp3) is 0.500. The summed E-state index contributed by atoms with van der Waals surface area (Å²) in [4.78, 5) is 50.7. The van der Waals surface area contributed by atoms with Crippen LogP contribution in [0, 0.1) is 19.4 Å². The Morgan fingerprint density at radius 3 is 2.44 bits per heavy atom. The summed E-state index contributed by atoms with van der Waals surface area (Å²) in [5.74, 6) is -2.22. The number of aromatic hydroxyl groups is 1. The molecule has 0 aliphatic carbocycles. The van der Waals surface area contributed by atoms with Gasteiger partial charge in [-0.2, -0.15) is 0 Å². The van der Waals surface area contributed by atoms with Crippen molar-refractivity contribution in [2.75, 3.05) is 13.2 Å². The van der Waals surface area contributed by atoms with Gasteiger partial charge in [-0.3, -0.25) is 19.3 Å². The van der Waals surface area contributed by atoms with E-state index in [2.05, 4.69) is 16.7 Å². The molecule has 0 radical (unpaired) electrons. The minimum absolute atomic E-state index is 0.0704. The molecular weight excluding hydrogens is 442 g/mol. The predicted molar refractivity (Wildman–Crippen MR) is 124 cm³/mol. The van der Waals surface area contributed by atoms with E-state index in [1.54, 1.807) is 46.8 Å². The van der Waals surface area contributed by atoms with Crippen LogP contribution in [0.1, 0.15) is 58.2 Å². The van der Waals surface area contributed by atoms with E-state index < -0.39 is 41.6 Å². The molecule has 1 aromatic rings. The molecule has 0 saturated carbocycles. The van der Waals surface area contributed by atoms with Gasteiger partial charge in [-0.05, 0) is 47.1 Å². The zero-order chi connectivity index (χ0) is 26.1. The molecule has 2 unspecified atom stereocenters. The van der Waals surface area contributed by atoms with Crippen molar-refractivity contribution in [1.29, 1.82) is 0 Å². The first kappa shape index (κ1) is 28.3. The third-order valence-corrected chi connectivity index (χ3v) is 4.48. The molecule has 3 amide bonds. The zero-order valence-corrected chi connectivity index (χ0v) is 20.4. The van der Waals surface area contributed by atoms with Gasteiger partial charge in [-0.15, -0.1) is 0 Å². The molecule has 2 atom stereocenters. The lowest BCUT2D eigenvalue weighted by molar-refractivity contribution is -0.143. The standard InChI is InChI=1S/C24H33N3O7/c1-8-27(22(31)16(4)26-23(32)34-24(5,6)7)19(17-12-10-11-15(3)20(17)29)21(30)25-14-13-18(28)33-9-2/h1,10-12,16,19,29H,9,13-14H2,2-7H3,(H,25,30)(H,26,32). The van der Waals surface area contributed by atoms with Crippen LogP contribution in [0.4, 0.5) is 4.79 Å². The molecule has 0 aliphatic heterocycles. The van der Waals surface area contributed by atoms with Gasteiger partial charge in [-0.1, -0.05) is 24.6 Å². The minimum Gasteiger partial charge on any atom is -0.507 e. The van der Waals surface area contributed by atoms with Gasteiger partial charge in [0.1, 0.15) is 17.4 Å². The highest BCUT2D eigenvalue weighted by Crippen LogP contribution is 2.31. The van der Waals surface area contributed by atoms with Crippen LogP contribution in [0.5, 0.6) is 5.75 Å². The molecule has 10 nitrogen and oxygen atoms in total. The average molecular weight is 476 g/mol. The van der Waals surface area contributed by atoms with E-state index in [0.717, 1.165) is 4.90 Å². The Morgan fingerprint density at radius 1 is 1.24 bits per heavy atom. The Kier molecular flexibility index (Phi) is 10.4. The number of phenolic OH excluding ortho intramolecular Hbond substituents is 1. The molecule has 3 N–H and O–H groups in total. The van der Waals surface area contributed by atoms with Crippen molar-refractivity contribution in [3.8, 4) is 18.2 Å². The van der Waals surface area contributed by atoms with Crippen molar-refractivity contribution >= 4 is 23.9 Å². The highest BCUT2D eigenvalue weighted by atomic mass is 16.6. The van der Waals surface area contributed by atoms with Crippen LogP contribution in [-0.4, -0.2) is 58.7 Å². The smallest absolute Gasteiger partial charge is 0.408 e. The maximum atomic E-state index is 13.1. The number of carbonyl (C=O) groups is 4. The van der Waals surface area contributed by atoms with Gasteiger partial charge in [0.25, 0.3) is 5.91 Å². The minimum atomic E-state index is -1.43. The molecule has 1 aromatic carbocycles. The number of benzene rings is 1. The first-order valence-corrected chi connectivity index (χ1v) is 10.8. The number of hydrogen-bond donors (Lipinski definition) is 3. The largest absolute Gasteiger partial charge is 0.507 e. The van der Waals surface area contributed by atoms with Crippen molar-refractivity contribution in [3.63, 3.8) is 0 Å². The molecule has 34 heavy (non-hydrogen) atoms. The highest BCUT2D eigenvalue weighted by molar-refractivity contribution is 5.93. The predicted octanol–water partition coefficient (Wildman–Crippen LogP) is 2.14. The number of rotatable bonds is 9. The SMILES string of the molecule is C#CN(C(=O)C(C)NC(=O)OC(C)(C)C)C(C(=O)NCCC(=O)OCC)c1cccc(C)c1O. The number of aryl methyl sites for hydroxylation is 1.